The van der Waals surface area contributed by atoms with Crippen LogP contribution in [0.2, 0.25) is 0 Å². The summed E-state index contributed by atoms with van der Waals surface area (Å²) in [6.07, 6.45) is 4.97. The van der Waals surface area contributed by atoms with Gasteiger partial charge in [0, 0.05) is 13.0 Å². The number of unbranched alkanes of at least 4 members (excludes halogenated alkanes) is 2. The summed E-state index contributed by atoms with van der Waals surface area (Å²) in [7, 11) is 1.40. The number of hydrogen-bond donors (Lipinski definition) is 0. The Morgan fingerprint density at radius 2 is 1.56 bits per heavy atom. The van der Waals surface area contributed by atoms with E-state index >= 15 is 0 Å². The van der Waals surface area contributed by atoms with E-state index in [9.17, 15) is 9.59 Å². The minimum atomic E-state index is -0.632. The predicted octanol–water partition coefficient (Wildman–Crippen LogP) is 5.68. The third-order valence-corrected chi connectivity index (χ3v) is 6.80. The van der Waals surface area contributed by atoms with E-state index in [1.807, 2.05) is 60.7 Å². The van der Waals surface area contributed by atoms with Gasteiger partial charge in [0.15, 0.2) is 0 Å². The number of aryl methyl sites for hydroxylation is 1. The molecule has 1 aliphatic heterocycles. The van der Waals surface area contributed by atoms with Crippen LogP contribution in [-0.2, 0) is 33.7 Å². The number of benzene rings is 3. The highest BCUT2D eigenvalue weighted by Crippen LogP contribution is 2.33. The van der Waals surface area contributed by atoms with Gasteiger partial charge in [0.25, 0.3) is 0 Å². The fourth-order valence-electron chi connectivity index (χ4n) is 5.01. The van der Waals surface area contributed by atoms with Gasteiger partial charge in [-0.15, -0.1) is 0 Å². The van der Waals surface area contributed by atoms with Crippen LogP contribution in [0.5, 0.6) is 0 Å². The van der Waals surface area contributed by atoms with Gasteiger partial charge in [0.2, 0.25) is 5.91 Å². The quantitative estimate of drug-likeness (QED) is 0.324. The van der Waals surface area contributed by atoms with Crippen molar-refractivity contribution in [2.24, 2.45) is 0 Å². The second kappa shape index (κ2) is 11.1. The molecule has 0 aliphatic carbocycles. The molecular formula is C30H33NO3. The lowest BCUT2D eigenvalue weighted by molar-refractivity contribution is -0.154. The van der Waals surface area contributed by atoms with Gasteiger partial charge < -0.3 is 9.64 Å². The maximum atomic E-state index is 14.2. The zero-order valence-corrected chi connectivity index (χ0v) is 20.1. The van der Waals surface area contributed by atoms with Crippen LogP contribution in [-0.4, -0.2) is 29.9 Å². The summed E-state index contributed by atoms with van der Waals surface area (Å²) in [6, 6.07) is 25.3. The molecule has 0 saturated heterocycles. The number of fused-ring (bicyclic) bond motifs is 1. The molecule has 0 fully saturated rings. The zero-order chi connectivity index (χ0) is 23.9. The van der Waals surface area contributed by atoms with E-state index in [2.05, 4.69) is 25.1 Å². The van der Waals surface area contributed by atoms with E-state index in [-0.39, 0.29) is 11.9 Å². The Balaban J connectivity index is 1.72. The molecule has 4 heteroatoms. The number of nitrogens with zero attached hydrogens (tertiary/aromatic N) is 1. The van der Waals surface area contributed by atoms with Crippen molar-refractivity contribution < 1.29 is 14.3 Å². The predicted molar refractivity (Wildman–Crippen MR) is 134 cm³/mol. The van der Waals surface area contributed by atoms with Gasteiger partial charge in [-0.3, -0.25) is 4.79 Å². The van der Waals surface area contributed by atoms with Gasteiger partial charge in [-0.1, -0.05) is 98.6 Å². The number of hydrogen-bond acceptors (Lipinski definition) is 3. The van der Waals surface area contributed by atoms with E-state index in [1.54, 1.807) is 4.90 Å². The average Bonchev–Trinajstić information content (AvgIpc) is 2.89. The molecule has 3 aromatic carbocycles. The SMILES string of the molecule is CCCCCc1cccc2c1CC(C(=O)OC)N(C(=O)C(c1ccccc1)c1ccccc1)C2. The van der Waals surface area contributed by atoms with Crippen LogP contribution in [0.4, 0.5) is 0 Å². The molecule has 1 aliphatic rings. The van der Waals surface area contributed by atoms with Crippen LogP contribution in [0, 0.1) is 0 Å². The molecule has 1 heterocycles. The van der Waals surface area contributed by atoms with Crippen LogP contribution in [0.15, 0.2) is 78.9 Å². The number of rotatable bonds is 8. The molecule has 34 heavy (non-hydrogen) atoms. The molecule has 1 unspecified atom stereocenters. The molecule has 0 saturated carbocycles. The number of methoxy groups -OCH3 is 1. The monoisotopic (exact) mass is 455 g/mol. The largest absolute Gasteiger partial charge is 0.467 e. The van der Waals surface area contributed by atoms with Crippen molar-refractivity contribution >= 4 is 11.9 Å². The summed E-state index contributed by atoms with van der Waals surface area (Å²) < 4.78 is 5.18. The Morgan fingerprint density at radius 1 is 0.912 bits per heavy atom. The molecule has 0 bridgehead atoms. The van der Waals surface area contributed by atoms with Crippen LogP contribution >= 0.6 is 0 Å². The normalized spacial score (nSPS) is 15.1. The molecule has 4 nitrogen and oxygen atoms in total. The number of carbonyl (C=O) groups is 2. The fraction of sp³-hybridized carbons (Fsp3) is 0.333. The first kappa shape index (κ1) is 23.7. The van der Waals surface area contributed by atoms with Crippen LogP contribution in [0.3, 0.4) is 0 Å². The number of esters is 1. The van der Waals surface area contributed by atoms with E-state index in [4.69, 9.17) is 4.74 Å². The van der Waals surface area contributed by atoms with Crippen molar-refractivity contribution in [1.82, 2.24) is 4.90 Å². The summed E-state index contributed by atoms with van der Waals surface area (Å²) in [6.45, 7) is 2.61. The molecule has 3 aromatic rings. The summed E-state index contributed by atoms with van der Waals surface area (Å²) >= 11 is 0. The Morgan fingerprint density at radius 3 is 2.15 bits per heavy atom. The first-order chi connectivity index (χ1) is 16.6. The van der Waals surface area contributed by atoms with E-state index in [0.29, 0.717) is 13.0 Å². The molecule has 4 rings (SSSR count). The van der Waals surface area contributed by atoms with Gasteiger partial charge in [0.1, 0.15) is 6.04 Å². The third-order valence-electron chi connectivity index (χ3n) is 6.80. The van der Waals surface area contributed by atoms with Crippen molar-refractivity contribution in [3.8, 4) is 0 Å². The lowest BCUT2D eigenvalue weighted by Crippen LogP contribution is -2.51. The van der Waals surface area contributed by atoms with E-state index in [0.717, 1.165) is 29.5 Å². The van der Waals surface area contributed by atoms with Crippen LogP contribution < -0.4 is 0 Å². The van der Waals surface area contributed by atoms with Gasteiger partial charge in [-0.05, 0) is 40.7 Å². The van der Waals surface area contributed by atoms with Gasteiger partial charge >= 0.3 is 5.97 Å². The highest BCUT2D eigenvalue weighted by Gasteiger charge is 2.39. The number of ether oxygens (including phenoxy) is 1. The smallest absolute Gasteiger partial charge is 0.328 e. The fourth-order valence-corrected chi connectivity index (χ4v) is 5.01. The summed E-state index contributed by atoms with van der Waals surface area (Å²) in [4.78, 5) is 28.8. The Kier molecular flexibility index (Phi) is 7.79. The molecule has 1 atom stereocenters. The van der Waals surface area contributed by atoms with Crippen LogP contribution in [0.1, 0.15) is 59.9 Å². The second-order valence-corrected chi connectivity index (χ2v) is 8.98. The van der Waals surface area contributed by atoms with Crippen molar-refractivity contribution in [1.29, 1.82) is 0 Å². The lowest BCUT2D eigenvalue weighted by atomic mass is 9.85. The second-order valence-electron chi connectivity index (χ2n) is 8.98. The molecule has 0 N–H and O–H groups in total. The molecule has 0 aromatic heterocycles. The van der Waals surface area contributed by atoms with Gasteiger partial charge in [0.05, 0.1) is 13.0 Å². The van der Waals surface area contributed by atoms with Crippen molar-refractivity contribution in [2.75, 3.05) is 7.11 Å². The summed E-state index contributed by atoms with van der Waals surface area (Å²) in [5.41, 5.74) is 5.45. The third kappa shape index (κ3) is 5.06. The van der Waals surface area contributed by atoms with E-state index in [1.165, 1.54) is 31.1 Å². The Bertz CT molecular complexity index is 1070. The van der Waals surface area contributed by atoms with E-state index < -0.39 is 12.0 Å². The highest BCUT2D eigenvalue weighted by molar-refractivity contribution is 5.91. The highest BCUT2D eigenvalue weighted by atomic mass is 16.5. The maximum Gasteiger partial charge on any atom is 0.328 e. The Labute approximate surface area is 202 Å². The van der Waals surface area contributed by atoms with Crippen molar-refractivity contribution in [2.45, 2.75) is 57.5 Å². The van der Waals surface area contributed by atoms with Crippen molar-refractivity contribution in [3.63, 3.8) is 0 Å². The van der Waals surface area contributed by atoms with Gasteiger partial charge in [-0.25, -0.2) is 4.79 Å². The molecule has 1 amide bonds. The van der Waals surface area contributed by atoms with Crippen molar-refractivity contribution in [3.05, 3.63) is 107 Å². The lowest BCUT2D eigenvalue weighted by Gasteiger charge is -2.38. The minimum Gasteiger partial charge on any atom is -0.467 e. The zero-order valence-electron chi connectivity index (χ0n) is 20.1. The topological polar surface area (TPSA) is 46.6 Å². The molecular weight excluding hydrogens is 422 g/mol. The van der Waals surface area contributed by atoms with Gasteiger partial charge in [-0.2, -0.15) is 0 Å². The minimum absolute atomic E-state index is 0.0742. The standard InChI is InChI=1S/C30H33NO3/c1-3-4-7-13-22-18-12-19-25-21-31(27(20-26(22)25)30(33)34-2)29(32)28(23-14-8-5-9-15-23)24-16-10-6-11-17-24/h5-6,8-12,14-19,27-28H,3-4,7,13,20-21H2,1-2H3. The molecule has 0 spiro atoms. The number of amides is 1. The number of carbonyl (C=O) groups excluding carboxylic acids is 2. The molecule has 0 radical (unpaired) electrons. The average molecular weight is 456 g/mol. The summed E-state index contributed by atoms with van der Waals surface area (Å²) in [5, 5.41) is 0. The maximum absolute atomic E-state index is 14.2. The summed E-state index contributed by atoms with van der Waals surface area (Å²) in [5.74, 6) is -0.916. The first-order valence-electron chi connectivity index (χ1n) is 12.2. The first-order valence-corrected chi connectivity index (χ1v) is 12.2. The molecule has 176 valence electrons. The Hall–Kier alpha value is -3.40. The van der Waals surface area contributed by atoms with Crippen LogP contribution in [0.25, 0.3) is 0 Å².